The van der Waals surface area contributed by atoms with Crippen LogP contribution in [0.15, 0.2) is 63.2 Å². The summed E-state index contributed by atoms with van der Waals surface area (Å²) in [6.45, 7) is 0. The molecule has 0 unspecified atom stereocenters. The highest BCUT2D eigenvalue weighted by Crippen LogP contribution is 2.28. The fraction of sp³-hybridized carbons (Fsp3) is 0. The number of furan rings is 1. The molecule has 1 aromatic heterocycles. The van der Waals surface area contributed by atoms with Crippen molar-refractivity contribution in [2.24, 2.45) is 0 Å². The highest BCUT2D eigenvalue weighted by molar-refractivity contribution is 9.10. The molecule has 3 nitrogen and oxygen atoms in total. The van der Waals surface area contributed by atoms with Crippen molar-refractivity contribution in [2.75, 3.05) is 0 Å². The van der Waals surface area contributed by atoms with Gasteiger partial charge in [-0.3, -0.25) is 0 Å². The molecular formula is C15H9BrO3. The molecule has 0 saturated carbocycles. The lowest BCUT2D eigenvalue weighted by Crippen LogP contribution is -1.96. The first-order valence-electron chi connectivity index (χ1n) is 5.67. The second-order valence-corrected chi connectivity index (χ2v) is 4.94. The second-order valence-electron chi connectivity index (χ2n) is 4.02. The van der Waals surface area contributed by atoms with Gasteiger partial charge in [-0.2, -0.15) is 0 Å². The maximum Gasteiger partial charge on any atom is 0.343 e. The van der Waals surface area contributed by atoms with E-state index < -0.39 is 0 Å². The van der Waals surface area contributed by atoms with Crippen LogP contribution in [-0.4, -0.2) is 5.97 Å². The largest absolute Gasteiger partial charge is 0.465 e. The molecule has 0 N–H and O–H groups in total. The second kappa shape index (κ2) is 4.90. The minimum atomic E-state index is -0.366. The van der Waals surface area contributed by atoms with Crippen molar-refractivity contribution in [3.63, 3.8) is 0 Å². The number of ether oxygens (including phenoxy) is 1. The average molecular weight is 317 g/mol. The number of rotatable bonds is 2. The van der Waals surface area contributed by atoms with Crippen LogP contribution in [0.5, 0.6) is 0 Å². The molecule has 0 fully saturated rings. The van der Waals surface area contributed by atoms with Crippen LogP contribution < -0.4 is 0 Å². The van der Waals surface area contributed by atoms with Gasteiger partial charge in [0.25, 0.3) is 0 Å². The van der Waals surface area contributed by atoms with Crippen molar-refractivity contribution in [1.29, 1.82) is 0 Å². The van der Waals surface area contributed by atoms with Gasteiger partial charge in [-0.1, -0.05) is 28.1 Å². The number of esters is 1. The van der Waals surface area contributed by atoms with Gasteiger partial charge in [0.05, 0.1) is 11.8 Å². The minimum absolute atomic E-state index is 0.366. The van der Waals surface area contributed by atoms with E-state index in [0.29, 0.717) is 17.1 Å². The van der Waals surface area contributed by atoms with E-state index in [1.165, 1.54) is 0 Å². The number of halogens is 1. The first-order valence-corrected chi connectivity index (χ1v) is 6.47. The summed E-state index contributed by atoms with van der Waals surface area (Å²) >= 11 is 3.37. The predicted molar refractivity (Wildman–Crippen MR) is 74.9 cm³/mol. The van der Waals surface area contributed by atoms with Gasteiger partial charge < -0.3 is 9.15 Å². The van der Waals surface area contributed by atoms with Gasteiger partial charge in [0.1, 0.15) is 11.5 Å². The molecule has 0 saturated heterocycles. The lowest BCUT2D eigenvalue weighted by atomic mass is 10.1. The Morgan fingerprint density at radius 1 is 1.11 bits per heavy atom. The van der Waals surface area contributed by atoms with Gasteiger partial charge in [0, 0.05) is 10.0 Å². The zero-order chi connectivity index (χ0) is 13.2. The molecule has 2 heterocycles. The number of benzene rings is 1. The van der Waals surface area contributed by atoms with Crippen LogP contribution in [0, 0.1) is 0 Å². The quantitative estimate of drug-likeness (QED) is 0.620. The highest BCUT2D eigenvalue weighted by Gasteiger charge is 2.22. The highest BCUT2D eigenvalue weighted by atomic mass is 79.9. The summed E-state index contributed by atoms with van der Waals surface area (Å²) in [5.74, 6) is 0.810. The molecule has 1 aliphatic heterocycles. The maximum atomic E-state index is 11.8. The van der Waals surface area contributed by atoms with Gasteiger partial charge in [-0.05, 0) is 36.4 Å². The Balaban J connectivity index is 1.93. The van der Waals surface area contributed by atoms with E-state index in [0.717, 1.165) is 10.0 Å². The normalized spacial score (nSPS) is 16.6. The first kappa shape index (κ1) is 12.0. The third-order valence-corrected chi connectivity index (χ3v) is 3.22. The van der Waals surface area contributed by atoms with Crippen LogP contribution in [0.1, 0.15) is 11.3 Å². The average Bonchev–Trinajstić information content (AvgIpc) is 3.02. The third kappa shape index (κ3) is 2.53. The molecule has 0 atom stereocenters. The number of hydrogen-bond acceptors (Lipinski definition) is 3. The minimum Gasteiger partial charge on any atom is -0.465 e. The zero-order valence-corrected chi connectivity index (χ0v) is 11.4. The standard InChI is InChI=1S/C15H9BrO3/c16-12-5-3-10(4-6-12)14-9-11(15(17)19-14)8-13-2-1-7-18-13/h1-9H. The molecule has 1 aromatic carbocycles. The van der Waals surface area contributed by atoms with E-state index in [9.17, 15) is 4.79 Å². The zero-order valence-electron chi connectivity index (χ0n) is 9.80. The fourth-order valence-corrected chi connectivity index (χ4v) is 2.04. The van der Waals surface area contributed by atoms with Crippen LogP contribution in [0.3, 0.4) is 0 Å². The van der Waals surface area contributed by atoms with Crippen molar-refractivity contribution in [2.45, 2.75) is 0 Å². The predicted octanol–water partition coefficient (Wildman–Crippen LogP) is 4.02. The molecule has 0 aliphatic carbocycles. The first-order chi connectivity index (χ1) is 9.22. The van der Waals surface area contributed by atoms with Crippen LogP contribution in [0.2, 0.25) is 0 Å². The van der Waals surface area contributed by atoms with Gasteiger partial charge >= 0.3 is 5.97 Å². The van der Waals surface area contributed by atoms with E-state index in [1.807, 2.05) is 24.3 Å². The smallest absolute Gasteiger partial charge is 0.343 e. The Kier molecular flexibility index (Phi) is 3.09. The summed E-state index contributed by atoms with van der Waals surface area (Å²) in [7, 11) is 0. The Labute approximate surface area is 118 Å². The van der Waals surface area contributed by atoms with Gasteiger partial charge in [-0.25, -0.2) is 4.79 Å². The van der Waals surface area contributed by atoms with Crippen LogP contribution in [0.25, 0.3) is 11.8 Å². The van der Waals surface area contributed by atoms with Crippen LogP contribution >= 0.6 is 15.9 Å². The van der Waals surface area contributed by atoms with Gasteiger partial charge in [0.15, 0.2) is 0 Å². The number of carbonyl (C=O) groups is 1. The van der Waals surface area contributed by atoms with Crippen molar-refractivity contribution in [1.82, 2.24) is 0 Å². The van der Waals surface area contributed by atoms with Gasteiger partial charge in [-0.15, -0.1) is 0 Å². The molecule has 0 spiro atoms. The summed E-state index contributed by atoms with van der Waals surface area (Å²) in [6, 6.07) is 11.1. The summed E-state index contributed by atoms with van der Waals surface area (Å²) in [5, 5.41) is 0. The molecule has 0 radical (unpaired) electrons. The Hall–Kier alpha value is -2.07. The van der Waals surface area contributed by atoms with E-state index in [2.05, 4.69) is 15.9 Å². The fourth-order valence-electron chi connectivity index (χ4n) is 1.77. The SMILES string of the molecule is O=C1OC(c2ccc(Br)cc2)=CC1=Cc1ccco1. The Morgan fingerprint density at radius 3 is 2.58 bits per heavy atom. The summed E-state index contributed by atoms with van der Waals surface area (Å²) in [4.78, 5) is 11.8. The van der Waals surface area contributed by atoms with Crippen molar-refractivity contribution >= 4 is 33.7 Å². The molecule has 0 bridgehead atoms. The monoisotopic (exact) mass is 316 g/mol. The van der Waals surface area contributed by atoms with Crippen molar-refractivity contribution in [3.8, 4) is 0 Å². The number of hydrogen-bond donors (Lipinski definition) is 0. The molecule has 4 heteroatoms. The van der Waals surface area contributed by atoms with Gasteiger partial charge in [0.2, 0.25) is 0 Å². The van der Waals surface area contributed by atoms with Crippen molar-refractivity contribution < 1.29 is 13.9 Å². The van der Waals surface area contributed by atoms with E-state index in [-0.39, 0.29) is 5.97 Å². The lowest BCUT2D eigenvalue weighted by molar-refractivity contribution is -0.130. The summed E-state index contributed by atoms with van der Waals surface area (Å²) in [6.07, 6.45) is 4.94. The Morgan fingerprint density at radius 2 is 1.89 bits per heavy atom. The molecule has 0 amide bonds. The van der Waals surface area contributed by atoms with E-state index >= 15 is 0 Å². The molecule has 2 aromatic rings. The summed E-state index contributed by atoms with van der Waals surface area (Å²) in [5.41, 5.74) is 1.34. The Bertz CT molecular complexity index is 664. The topological polar surface area (TPSA) is 39.4 Å². The maximum absolute atomic E-state index is 11.8. The lowest BCUT2D eigenvalue weighted by Gasteiger charge is -2.01. The molecule has 94 valence electrons. The summed E-state index contributed by atoms with van der Waals surface area (Å²) < 4.78 is 11.4. The van der Waals surface area contributed by atoms with E-state index in [1.54, 1.807) is 30.5 Å². The van der Waals surface area contributed by atoms with E-state index in [4.69, 9.17) is 9.15 Å². The molecular weight excluding hydrogens is 308 g/mol. The third-order valence-electron chi connectivity index (χ3n) is 2.69. The number of cyclic esters (lactones) is 1. The molecule has 1 aliphatic rings. The van der Waals surface area contributed by atoms with Crippen LogP contribution in [0.4, 0.5) is 0 Å². The van der Waals surface area contributed by atoms with Crippen LogP contribution in [-0.2, 0) is 9.53 Å². The molecule has 19 heavy (non-hydrogen) atoms. The number of carbonyl (C=O) groups excluding carboxylic acids is 1. The van der Waals surface area contributed by atoms with Crippen molar-refractivity contribution in [3.05, 3.63) is 70.1 Å². The molecule has 3 rings (SSSR count).